The van der Waals surface area contributed by atoms with Crippen LogP contribution in [0.3, 0.4) is 0 Å². The molecule has 26 heavy (non-hydrogen) atoms. The largest absolute Gasteiger partial charge is 0.497 e. The van der Waals surface area contributed by atoms with E-state index in [0.717, 1.165) is 27.8 Å². The van der Waals surface area contributed by atoms with Gasteiger partial charge in [0.05, 0.1) is 7.11 Å². The maximum absolute atomic E-state index is 12.4. The number of fused-ring (bicyclic) bond motifs is 1. The van der Waals surface area contributed by atoms with Crippen molar-refractivity contribution in [3.8, 4) is 5.75 Å². The first-order valence-corrected chi connectivity index (χ1v) is 8.23. The van der Waals surface area contributed by atoms with Gasteiger partial charge in [0.25, 0.3) is 0 Å². The molecule has 0 radical (unpaired) electrons. The number of carbonyl (C=O) groups is 2. The molecule has 0 unspecified atom stereocenters. The normalized spacial score (nSPS) is 10.8. The average Bonchev–Trinajstić information content (AvgIpc) is 2.66. The predicted molar refractivity (Wildman–Crippen MR) is 105 cm³/mol. The van der Waals surface area contributed by atoms with Gasteiger partial charge in [-0.25, -0.2) is 0 Å². The molecule has 0 aliphatic heterocycles. The Labute approximate surface area is 152 Å². The molecule has 0 bridgehead atoms. The summed E-state index contributed by atoms with van der Waals surface area (Å²) in [5.41, 5.74) is 2.25. The molecule has 1 N–H and O–H groups in total. The summed E-state index contributed by atoms with van der Waals surface area (Å²) < 4.78 is 5.22. The maximum Gasteiger partial charge on any atom is 0.221 e. The van der Waals surface area contributed by atoms with E-state index in [2.05, 4.69) is 5.32 Å². The molecule has 1 amide bonds. The molecule has 0 aliphatic carbocycles. The van der Waals surface area contributed by atoms with E-state index < -0.39 is 0 Å². The van der Waals surface area contributed by atoms with E-state index >= 15 is 0 Å². The third kappa shape index (κ3) is 4.16. The highest BCUT2D eigenvalue weighted by atomic mass is 16.5. The van der Waals surface area contributed by atoms with E-state index in [0.29, 0.717) is 5.56 Å². The monoisotopic (exact) mass is 345 g/mol. The number of hydrogen-bond acceptors (Lipinski definition) is 3. The van der Waals surface area contributed by atoms with Crippen LogP contribution in [0.5, 0.6) is 5.75 Å². The van der Waals surface area contributed by atoms with Crippen LogP contribution in [0, 0.1) is 0 Å². The Hall–Kier alpha value is -3.40. The third-order valence-corrected chi connectivity index (χ3v) is 3.99. The number of ether oxygens (including phenoxy) is 1. The first kappa shape index (κ1) is 17.4. The number of methoxy groups -OCH3 is 1. The van der Waals surface area contributed by atoms with Crippen LogP contribution in [0.1, 0.15) is 22.8 Å². The van der Waals surface area contributed by atoms with Crippen LogP contribution < -0.4 is 10.1 Å². The molecule has 4 heteroatoms. The van der Waals surface area contributed by atoms with Crippen LogP contribution in [0.4, 0.5) is 5.69 Å². The lowest BCUT2D eigenvalue weighted by Crippen LogP contribution is -2.05. The number of allylic oxidation sites excluding steroid dienone is 1. The number of benzene rings is 3. The average molecular weight is 345 g/mol. The summed E-state index contributed by atoms with van der Waals surface area (Å²) in [4.78, 5) is 23.5. The zero-order valence-electron chi connectivity index (χ0n) is 14.7. The van der Waals surface area contributed by atoms with Gasteiger partial charge in [-0.15, -0.1) is 0 Å². The Balaban J connectivity index is 1.75. The topological polar surface area (TPSA) is 55.4 Å². The van der Waals surface area contributed by atoms with Crippen LogP contribution in [0.25, 0.3) is 16.8 Å². The van der Waals surface area contributed by atoms with Crippen molar-refractivity contribution in [3.63, 3.8) is 0 Å². The minimum Gasteiger partial charge on any atom is -0.497 e. The molecule has 3 rings (SSSR count). The molecule has 0 fully saturated rings. The Bertz CT molecular complexity index is 988. The minimum atomic E-state index is -0.114. The fourth-order valence-corrected chi connectivity index (χ4v) is 2.65. The van der Waals surface area contributed by atoms with Gasteiger partial charge < -0.3 is 10.1 Å². The van der Waals surface area contributed by atoms with Crippen molar-refractivity contribution in [2.45, 2.75) is 6.92 Å². The first-order valence-electron chi connectivity index (χ1n) is 8.23. The second-order valence-electron chi connectivity index (χ2n) is 5.93. The fraction of sp³-hybridized carbons (Fsp3) is 0.0909. The fourth-order valence-electron chi connectivity index (χ4n) is 2.65. The molecule has 4 nitrogen and oxygen atoms in total. The Morgan fingerprint density at radius 2 is 1.62 bits per heavy atom. The summed E-state index contributed by atoms with van der Waals surface area (Å²) in [6, 6.07) is 18.7. The van der Waals surface area contributed by atoms with E-state index in [1.54, 1.807) is 31.4 Å². The molecule has 3 aromatic rings. The molecule has 0 saturated heterocycles. The molecule has 130 valence electrons. The second-order valence-corrected chi connectivity index (χ2v) is 5.93. The molecule has 0 aliphatic rings. The van der Waals surface area contributed by atoms with Gasteiger partial charge in [0.1, 0.15) is 5.75 Å². The van der Waals surface area contributed by atoms with Crippen LogP contribution in [0.15, 0.2) is 66.7 Å². The van der Waals surface area contributed by atoms with Gasteiger partial charge in [-0.1, -0.05) is 36.4 Å². The van der Waals surface area contributed by atoms with Crippen molar-refractivity contribution in [2.24, 2.45) is 0 Å². The van der Waals surface area contributed by atoms with Crippen LogP contribution >= 0.6 is 0 Å². The summed E-state index contributed by atoms with van der Waals surface area (Å²) >= 11 is 0. The van der Waals surface area contributed by atoms with E-state index in [1.165, 1.54) is 6.92 Å². The van der Waals surface area contributed by atoms with Gasteiger partial charge in [0.2, 0.25) is 5.91 Å². The Kier molecular flexibility index (Phi) is 5.13. The number of amides is 1. The van der Waals surface area contributed by atoms with E-state index in [4.69, 9.17) is 4.74 Å². The van der Waals surface area contributed by atoms with Gasteiger partial charge in [0.15, 0.2) is 5.78 Å². The van der Waals surface area contributed by atoms with Gasteiger partial charge in [-0.3, -0.25) is 9.59 Å². The first-order chi connectivity index (χ1) is 12.5. The molecular weight excluding hydrogens is 326 g/mol. The molecule has 0 heterocycles. The molecule has 0 spiro atoms. The molecule has 0 saturated carbocycles. The number of rotatable bonds is 5. The maximum atomic E-state index is 12.4. The van der Waals surface area contributed by atoms with Gasteiger partial charge >= 0.3 is 0 Å². The van der Waals surface area contributed by atoms with E-state index in [1.807, 2.05) is 48.5 Å². The highest BCUT2D eigenvalue weighted by molar-refractivity contribution is 6.08. The van der Waals surface area contributed by atoms with Gasteiger partial charge in [0, 0.05) is 18.2 Å². The summed E-state index contributed by atoms with van der Waals surface area (Å²) in [6.45, 7) is 1.46. The zero-order valence-corrected chi connectivity index (χ0v) is 14.7. The van der Waals surface area contributed by atoms with Crippen molar-refractivity contribution in [3.05, 3.63) is 77.9 Å². The number of carbonyl (C=O) groups excluding carboxylic acids is 2. The quantitative estimate of drug-likeness (QED) is 0.538. The van der Waals surface area contributed by atoms with Crippen molar-refractivity contribution >= 4 is 34.2 Å². The Morgan fingerprint density at radius 3 is 2.31 bits per heavy atom. The van der Waals surface area contributed by atoms with Gasteiger partial charge in [-0.2, -0.15) is 0 Å². The highest BCUT2D eigenvalue weighted by Gasteiger charge is 2.04. The number of ketones is 1. The summed E-state index contributed by atoms with van der Waals surface area (Å²) in [7, 11) is 1.63. The Morgan fingerprint density at radius 1 is 0.923 bits per heavy atom. The molecular formula is C22H19NO3. The van der Waals surface area contributed by atoms with Crippen molar-refractivity contribution in [1.29, 1.82) is 0 Å². The third-order valence-electron chi connectivity index (χ3n) is 3.99. The lowest BCUT2D eigenvalue weighted by atomic mass is 10.0. The van der Waals surface area contributed by atoms with E-state index in [9.17, 15) is 9.59 Å². The SMILES string of the molecule is COc1ccc2cc(C(=O)C=Cc3ccc(NC(C)=O)cc3)ccc2c1. The highest BCUT2D eigenvalue weighted by Crippen LogP contribution is 2.22. The van der Waals surface area contributed by atoms with Crippen LogP contribution in [-0.2, 0) is 4.79 Å². The van der Waals surface area contributed by atoms with Gasteiger partial charge in [-0.05, 0) is 52.7 Å². The zero-order chi connectivity index (χ0) is 18.5. The summed E-state index contributed by atoms with van der Waals surface area (Å²) in [5, 5.41) is 4.73. The minimum absolute atomic E-state index is 0.0614. The number of nitrogens with one attached hydrogen (secondary N) is 1. The van der Waals surface area contributed by atoms with Crippen LogP contribution in [0.2, 0.25) is 0 Å². The number of hydrogen-bond donors (Lipinski definition) is 1. The van der Waals surface area contributed by atoms with Crippen molar-refractivity contribution < 1.29 is 14.3 Å². The molecule has 0 aromatic heterocycles. The lowest BCUT2D eigenvalue weighted by Gasteiger charge is -2.04. The smallest absolute Gasteiger partial charge is 0.221 e. The lowest BCUT2D eigenvalue weighted by molar-refractivity contribution is -0.114. The van der Waals surface area contributed by atoms with Crippen molar-refractivity contribution in [2.75, 3.05) is 12.4 Å². The number of anilines is 1. The van der Waals surface area contributed by atoms with Crippen LogP contribution in [-0.4, -0.2) is 18.8 Å². The molecule has 0 atom stereocenters. The summed E-state index contributed by atoms with van der Waals surface area (Å²) in [5.74, 6) is 0.616. The second kappa shape index (κ2) is 7.66. The van der Waals surface area contributed by atoms with E-state index in [-0.39, 0.29) is 11.7 Å². The van der Waals surface area contributed by atoms with Crippen molar-refractivity contribution in [1.82, 2.24) is 0 Å². The summed E-state index contributed by atoms with van der Waals surface area (Å²) in [6.07, 6.45) is 3.32. The molecule has 3 aromatic carbocycles. The predicted octanol–water partition coefficient (Wildman–Crippen LogP) is 4.70. The standard InChI is InChI=1S/C22H19NO3/c1-15(24)23-20-9-3-16(4-10-20)5-12-22(25)19-7-6-18-14-21(26-2)11-8-17(18)13-19/h3-14H,1-2H3,(H,23,24).